The Labute approximate surface area is 88.2 Å². The first-order valence-corrected chi connectivity index (χ1v) is 4.81. The zero-order valence-corrected chi connectivity index (χ0v) is 8.36. The van der Waals surface area contributed by atoms with E-state index in [2.05, 4.69) is 10.6 Å². The molecule has 15 heavy (non-hydrogen) atoms. The van der Waals surface area contributed by atoms with Crippen molar-refractivity contribution in [3.8, 4) is 0 Å². The summed E-state index contributed by atoms with van der Waals surface area (Å²) in [4.78, 5) is 21.1. The third-order valence-electron chi connectivity index (χ3n) is 1.82. The molecular weight excluding hydrogens is 196 g/mol. The molecule has 0 fully saturated rings. The Bertz CT molecular complexity index is 284. The minimum absolute atomic E-state index is 0.362. The van der Waals surface area contributed by atoms with E-state index in [1.54, 1.807) is 6.08 Å². The summed E-state index contributed by atoms with van der Waals surface area (Å²) < 4.78 is 5.02. The van der Waals surface area contributed by atoms with Gasteiger partial charge in [-0.2, -0.15) is 0 Å². The molecule has 0 aromatic carbocycles. The maximum atomic E-state index is 11.2. The van der Waals surface area contributed by atoms with Crippen molar-refractivity contribution in [1.82, 2.24) is 10.6 Å². The molecule has 1 aliphatic carbocycles. The van der Waals surface area contributed by atoms with Crippen molar-refractivity contribution in [2.24, 2.45) is 0 Å². The Morgan fingerprint density at radius 3 is 3.07 bits per heavy atom. The van der Waals surface area contributed by atoms with Crippen LogP contribution in [0.2, 0.25) is 0 Å². The molecule has 0 aliphatic heterocycles. The molecule has 0 aromatic rings. The second-order valence-electron chi connectivity index (χ2n) is 2.99. The Morgan fingerprint density at radius 1 is 1.53 bits per heavy atom. The van der Waals surface area contributed by atoms with Crippen molar-refractivity contribution in [3.63, 3.8) is 0 Å². The van der Waals surface area contributed by atoms with Crippen molar-refractivity contribution < 1.29 is 14.3 Å². The first kappa shape index (κ1) is 11.3. The van der Waals surface area contributed by atoms with Gasteiger partial charge in [0.05, 0.1) is 0 Å². The summed E-state index contributed by atoms with van der Waals surface area (Å²) in [7, 11) is 0. The molecule has 0 saturated heterocycles. The van der Waals surface area contributed by atoms with E-state index < -0.39 is 6.09 Å². The average Bonchev–Trinajstić information content (AvgIpc) is 2.26. The van der Waals surface area contributed by atoms with Gasteiger partial charge in [-0.3, -0.25) is 4.79 Å². The topological polar surface area (TPSA) is 67.4 Å². The number of alkyl carbamates (subject to hydrolysis) is 1. The van der Waals surface area contributed by atoms with Crippen LogP contribution in [0.25, 0.3) is 0 Å². The lowest BCUT2D eigenvalue weighted by atomic mass is 10.2. The first-order chi connectivity index (χ1) is 7.33. The van der Waals surface area contributed by atoms with Crippen LogP contribution in [-0.2, 0) is 9.53 Å². The molecule has 0 atom stereocenters. The third kappa shape index (κ3) is 4.85. The van der Waals surface area contributed by atoms with E-state index in [1.165, 1.54) is 0 Å². The smallest absolute Gasteiger partial charge is 0.412 e. The maximum absolute atomic E-state index is 11.2. The molecule has 0 saturated carbocycles. The zero-order valence-electron chi connectivity index (χ0n) is 8.36. The molecular formula is C10H14N2O3. The van der Waals surface area contributed by atoms with Gasteiger partial charge in [0.25, 0.3) is 0 Å². The predicted molar refractivity (Wildman–Crippen MR) is 55.0 cm³/mol. The number of rotatable bonds is 5. The Balaban J connectivity index is 2.15. The fourth-order valence-corrected chi connectivity index (χ4v) is 1.12. The first-order valence-electron chi connectivity index (χ1n) is 4.81. The number of carbonyl (C=O) groups excluding carboxylic acids is 2. The molecule has 5 heteroatoms. The van der Waals surface area contributed by atoms with Crippen LogP contribution in [0.5, 0.6) is 0 Å². The lowest BCUT2D eigenvalue weighted by Crippen LogP contribution is -2.31. The fraction of sp³-hybridized carbons (Fsp3) is 0.400. The van der Waals surface area contributed by atoms with Crippen LogP contribution in [0.3, 0.4) is 0 Å². The number of allylic oxidation sites excluding steroid dienone is 4. The predicted octanol–water partition coefficient (Wildman–Crippen LogP) is 0.692. The van der Waals surface area contributed by atoms with E-state index in [-0.39, 0.29) is 0 Å². The van der Waals surface area contributed by atoms with Crippen LogP contribution in [0.4, 0.5) is 4.79 Å². The summed E-state index contributed by atoms with van der Waals surface area (Å²) in [5.74, 6) is 0.665. The summed E-state index contributed by atoms with van der Waals surface area (Å²) >= 11 is 0. The minimum atomic E-state index is -0.482. The second-order valence-corrected chi connectivity index (χ2v) is 2.99. The van der Waals surface area contributed by atoms with Gasteiger partial charge in [-0.1, -0.05) is 12.2 Å². The largest absolute Gasteiger partial charge is 0.415 e. The minimum Gasteiger partial charge on any atom is -0.415 e. The maximum Gasteiger partial charge on any atom is 0.412 e. The number of amides is 2. The lowest BCUT2D eigenvalue weighted by molar-refractivity contribution is -0.109. The van der Waals surface area contributed by atoms with Gasteiger partial charge in [-0.05, 0) is 12.5 Å². The summed E-state index contributed by atoms with van der Waals surface area (Å²) in [5.41, 5.74) is 0. The van der Waals surface area contributed by atoms with Crippen LogP contribution < -0.4 is 10.6 Å². The summed E-state index contributed by atoms with van der Waals surface area (Å²) in [6.45, 7) is 0.762. The number of carbonyl (C=O) groups is 2. The van der Waals surface area contributed by atoms with Crippen molar-refractivity contribution in [3.05, 3.63) is 24.0 Å². The molecule has 0 heterocycles. The van der Waals surface area contributed by atoms with E-state index in [0.717, 1.165) is 12.8 Å². The molecule has 5 nitrogen and oxygen atoms in total. The molecule has 0 aromatic heterocycles. The van der Waals surface area contributed by atoms with Gasteiger partial charge in [0.2, 0.25) is 6.41 Å². The zero-order chi connectivity index (χ0) is 10.9. The van der Waals surface area contributed by atoms with Gasteiger partial charge in [0, 0.05) is 19.5 Å². The SMILES string of the molecule is O=CNCCNC(=O)OC1=CC=CCC1. The van der Waals surface area contributed by atoms with Crippen LogP contribution in [0.15, 0.2) is 24.0 Å². The van der Waals surface area contributed by atoms with E-state index >= 15 is 0 Å². The monoisotopic (exact) mass is 210 g/mol. The normalized spacial score (nSPS) is 14.0. The molecule has 1 rings (SSSR count). The average molecular weight is 210 g/mol. The highest BCUT2D eigenvalue weighted by Crippen LogP contribution is 2.12. The third-order valence-corrected chi connectivity index (χ3v) is 1.82. The summed E-state index contributed by atoms with van der Waals surface area (Å²) in [6.07, 6.45) is 7.39. The summed E-state index contributed by atoms with van der Waals surface area (Å²) in [6, 6.07) is 0. The lowest BCUT2D eigenvalue weighted by Gasteiger charge is -2.10. The molecule has 0 bridgehead atoms. The van der Waals surface area contributed by atoms with E-state index in [0.29, 0.717) is 25.3 Å². The number of nitrogens with one attached hydrogen (secondary N) is 2. The molecule has 2 amide bonds. The van der Waals surface area contributed by atoms with E-state index in [9.17, 15) is 9.59 Å². The second kappa shape index (κ2) is 6.64. The molecule has 0 radical (unpaired) electrons. The summed E-state index contributed by atoms with van der Waals surface area (Å²) in [5, 5.41) is 4.95. The van der Waals surface area contributed by atoms with Crippen LogP contribution in [-0.4, -0.2) is 25.6 Å². The van der Waals surface area contributed by atoms with Gasteiger partial charge in [0.1, 0.15) is 5.76 Å². The van der Waals surface area contributed by atoms with Gasteiger partial charge in [0.15, 0.2) is 0 Å². The molecule has 1 aliphatic rings. The fourth-order valence-electron chi connectivity index (χ4n) is 1.12. The highest BCUT2D eigenvalue weighted by atomic mass is 16.6. The number of hydrogen-bond donors (Lipinski definition) is 2. The van der Waals surface area contributed by atoms with E-state index in [4.69, 9.17) is 4.74 Å². The van der Waals surface area contributed by atoms with Crippen LogP contribution in [0, 0.1) is 0 Å². The van der Waals surface area contributed by atoms with Gasteiger partial charge < -0.3 is 15.4 Å². The Morgan fingerprint density at radius 2 is 2.40 bits per heavy atom. The quantitative estimate of drug-likeness (QED) is 0.518. The number of ether oxygens (including phenoxy) is 1. The van der Waals surface area contributed by atoms with Crippen LogP contribution >= 0.6 is 0 Å². The van der Waals surface area contributed by atoms with Gasteiger partial charge in [-0.15, -0.1) is 0 Å². The number of hydrogen-bond acceptors (Lipinski definition) is 3. The van der Waals surface area contributed by atoms with Gasteiger partial charge >= 0.3 is 6.09 Å². The van der Waals surface area contributed by atoms with Crippen molar-refractivity contribution in [2.75, 3.05) is 13.1 Å². The standard InChI is InChI=1S/C10H14N2O3/c13-8-11-6-7-12-10(14)15-9-4-2-1-3-5-9/h1-2,4,8H,3,5-7H2,(H,11,13)(H,12,14). The van der Waals surface area contributed by atoms with Crippen molar-refractivity contribution in [2.45, 2.75) is 12.8 Å². The Kier molecular flexibility index (Phi) is 5.00. The highest BCUT2D eigenvalue weighted by Gasteiger charge is 2.06. The van der Waals surface area contributed by atoms with Gasteiger partial charge in [-0.25, -0.2) is 4.79 Å². The van der Waals surface area contributed by atoms with E-state index in [1.807, 2.05) is 12.2 Å². The Hall–Kier alpha value is -1.78. The van der Waals surface area contributed by atoms with Crippen molar-refractivity contribution in [1.29, 1.82) is 0 Å². The van der Waals surface area contributed by atoms with Crippen LogP contribution in [0.1, 0.15) is 12.8 Å². The van der Waals surface area contributed by atoms with Crippen molar-refractivity contribution >= 4 is 12.5 Å². The highest BCUT2D eigenvalue weighted by molar-refractivity contribution is 5.68. The molecule has 82 valence electrons. The molecule has 0 unspecified atom stereocenters. The molecule has 2 N–H and O–H groups in total. The molecule has 0 spiro atoms.